The van der Waals surface area contributed by atoms with E-state index in [0.717, 1.165) is 38.5 Å². The molecule has 0 aliphatic carbocycles. The highest BCUT2D eigenvalue weighted by atomic mass is 16.3. The zero-order chi connectivity index (χ0) is 15.4. The summed E-state index contributed by atoms with van der Waals surface area (Å²) in [6.07, 6.45) is 5.11. The Morgan fingerprint density at radius 2 is 0.900 bits per heavy atom. The van der Waals surface area contributed by atoms with E-state index in [1.807, 2.05) is 0 Å². The summed E-state index contributed by atoms with van der Waals surface area (Å²) in [4.78, 5) is 0. The molecule has 4 heteroatoms. The van der Waals surface area contributed by atoms with Crippen LogP contribution in [0.15, 0.2) is 0 Å². The molecule has 0 fully saturated rings. The zero-order valence-electron chi connectivity index (χ0n) is 13.2. The van der Waals surface area contributed by atoms with Crippen molar-refractivity contribution in [2.45, 2.75) is 102 Å². The number of aliphatic hydroxyl groups excluding tert-OH is 4. The fourth-order valence-electron chi connectivity index (χ4n) is 2.28. The van der Waals surface area contributed by atoms with E-state index in [1.165, 1.54) is 0 Å². The monoisotopic (exact) mass is 290 g/mol. The van der Waals surface area contributed by atoms with Crippen LogP contribution in [-0.4, -0.2) is 44.8 Å². The highest BCUT2D eigenvalue weighted by molar-refractivity contribution is 4.71. The Kier molecular flexibility index (Phi) is 12.5. The first-order valence-electron chi connectivity index (χ1n) is 8.23. The van der Waals surface area contributed by atoms with Gasteiger partial charge in [-0.3, -0.25) is 0 Å². The molecule has 0 aliphatic rings. The summed E-state index contributed by atoms with van der Waals surface area (Å²) in [7, 11) is 0. The van der Waals surface area contributed by atoms with Crippen molar-refractivity contribution in [3.05, 3.63) is 0 Å². The third-order valence-electron chi connectivity index (χ3n) is 3.82. The van der Waals surface area contributed by atoms with Crippen LogP contribution in [0, 0.1) is 0 Å². The van der Waals surface area contributed by atoms with Gasteiger partial charge in [0.1, 0.15) is 0 Å². The van der Waals surface area contributed by atoms with Crippen LogP contribution < -0.4 is 0 Å². The summed E-state index contributed by atoms with van der Waals surface area (Å²) in [5.41, 5.74) is 0. The molecule has 0 radical (unpaired) electrons. The molecule has 0 aromatic heterocycles. The van der Waals surface area contributed by atoms with Gasteiger partial charge in [-0.2, -0.15) is 0 Å². The van der Waals surface area contributed by atoms with Crippen LogP contribution in [-0.2, 0) is 0 Å². The molecule has 0 saturated carbocycles. The molecule has 0 aliphatic heterocycles. The van der Waals surface area contributed by atoms with Crippen molar-refractivity contribution in [3.63, 3.8) is 0 Å². The van der Waals surface area contributed by atoms with Crippen LogP contribution in [0.2, 0.25) is 0 Å². The summed E-state index contributed by atoms with van der Waals surface area (Å²) in [5, 5.41) is 39.1. The van der Waals surface area contributed by atoms with Gasteiger partial charge in [-0.05, 0) is 38.5 Å². The summed E-state index contributed by atoms with van der Waals surface area (Å²) in [6, 6.07) is 0. The van der Waals surface area contributed by atoms with Crippen molar-refractivity contribution in [1.29, 1.82) is 0 Å². The van der Waals surface area contributed by atoms with Crippen LogP contribution >= 0.6 is 0 Å². The third-order valence-corrected chi connectivity index (χ3v) is 3.82. The Morgan fingerprint density at radius 1 is 0.550 bits per heavy atom. The van der Waals surface area contributed by atoms with Gasteiger partial charge in [0.25, 0.3) is 0 Å². The molecular formula is C16H34O4. The Hall–Kier alpha value is -0.160. The molecule has 0 heterocycles. The molecule has 0 spiro atoms. The topological polar surface area (TPSA) is 80.9 Å². The maximum Gasteiger partial charge on any atom is 0.0800 e. The number of hydrogen-bond acceptors (Lipinski definition) is 4. The van der Waals surface area contributed by atoms with E-state index < -0.39 is 12.2 Å². The molecular weight excluding hydrogens is 256 g/mol. The maximum atomic E-state index is 9.84. The van der Waals surface area contributed by atoms with Gasteiger partial charge in [-0.15, -0.1) is 0 Å². The molecule has 122 valence electrons. The summed E-state index contributed by atoms with van der Waals surface area (Å²) in [6.45, 7) is 4.16. The van der Waals surface area contributed by atoms with Crippen LogP contribution in [0.1, 0.15) is 78.1 Å². The number of aliphatic hydroxyl groups is 4. The first-order valence-corrected chi connectivity index (χ1v) is 8.23. The minimum Gasteiger partial charge on any atom is -0.393 e. The van der Waals surface area contributed by atoms with Crippen LogP contribution in [0.5, 0.6) is 0 Å². The Morgan fingerprint density at radius 3 is 1.20 bits per heavy atom. The largest absolute Gasteiger partial charge is 0.393 e. The molecule has 0 aromatic carbocycles. The molecule has 0 saturated heterocycles. The molecule has 4 atom stereocenters. The molecule has 0 amide bonds. The highest BCUT2D eigenvalue weighted by Crippen LogP contribution is 2.15. The summed E-state index contributed by atoms with van der Waals surface area (Å²) < 4.78 is 0. The van der Waals surface area contributed by atoms with E-state index in [0.29, 0.717) is 25.7 Å². The lowest BCUT2D eigenvalue weighted by Crippen LogP contribution is -2.28. The second-order valence-corrected chi connectivity index (χ2v) is 5.88. The van der Waals surface area contributed by atoms with E-state index in [9.17, 15) is 20.4 Å². The predicted octanol–water partition coefficient (Wildman–Crippen LogP) is 2.37. The molecule has 0 rings (SSSR count). The minimum absolute atomic E-state index is 0.382. The van der Waals surface area contributed by atoms with E-state index in [4.69, 9.17) is 0 Å². The van der Waals surface area contributed by atoms with Crippen molar-refractivity contribution < 1.29 is 20.4 Å². The molecule has 0 bridgehead atoms. The van der Waals surface area contributed by atoms with Gasteiger partial charge >= 0.3 is 0 Å². The van der Waals surface area contributed by atoms with Crippen molar-refractivity contribution in [2.24, 2.45) is 0 Å². The smallest absolute Gasteiger partial charge is 0.0800 e. The standard InChI is InChI=1S/C16H34O4/c1-3-5-7-13(17)9-11-15(19)16(20)12-10-14(18)8-6-4-2/h13-20H,3-12H2,1-2H3. The van der Waals surface area contributed by atoms with Crippen molar-refractivity contribution in [2.75, 3.05) is 0 Å². The van der Waals surface area contributed by atoms with Crippen molar-refractivity contribution in [3.8, 4) is 0 Å². The number of hydrogen-bond donors (Lipinski definition) is 4. The first-order chi connectivity index (χ1) is 9.51. The molecule has 0 aromatic rings. The first kappa shape index (κ1) is 19.8. The van der Waals surface area contributed by atoms with Gasteiger partial charge in [-0.1, -0.05) is 39.5 Å². The Balaban J connectivity index is 3.72. The van der Waals surface area contributed by atoms with E-state index in [-0.39, 0.29) is 12.2 Å². The molecule has 4 N–H and O–H groups in total. The van der Waals surface area contributed by atoms with Gasteiger partial charge in [0.2, 0.25) is 0 Å². The van der Waals surface area contributed by atoms with Crippen LogP contribution in [0.4, 0.5) is 0 Å². The van der Waals surface area contributed by atoms with Crippen molar-refractivity contribution in [1.82, 2.24) is 0 Å². The van der Waals surface area contributed by atoms with E-state index >= 15 is 0 Å². The summed E-state index contributed by atoms with van der Waals surface area (Å²) in [5.74, 6) is 0. The van der Waals surface area contributed by atoms with E-state index in [2.05, 4.69) is 13.8 Å². The Bertz CT molecular complexity index is 189. The van der Waals surface area contributed by atoms with Crippen molar-refractivity contribution >= 4 is 0 Å². The zero-order valence-corrected chi connectivity index (χ0v) is 13.2. The normalized spacial score (nSPS) is 17.7. The second-order valence-electron chi connectivity index (χ2n) is 5.88. The molecule has 4 unspecified atom stereocenters. The molecule has 20 heavy (non-hydrogen) atoms. The lowest BCUT2D eigenvalue weighted by atomic mass is 9.98. The SMILES string of the molecule is CCCCC(O)CCC(O)C(O)CCC(O)CCCC. The van der Waals surface area contributed by atoms with Crippen LogP contribution in [0.3, 0.4) is 0 Å². The fraction of sp³-hybridized carbons (Fsp3) is 1.00. The van der Waals surface area contributed by atoms with Gasteiger partial charge in [-0.25, -0.2) is 0 Å². The third kappa shape index (κ3) is 10.6. The number of unbranched alkanes of at least 4 members (excludes halogenated alkanes) is 2. The number of rotatable bonds is 13. The minimum atomic E-state index is -0.801. The van der Waals surface area contributed by atoms with Gasteiger partial charge < -0.3 is 20.4 Å². The second kappa shape index (κ2) is 12.6. The molecule has 4 nitrogen and oxygen atoms in total. The maximum absolute atomic E-state index is 9.84. The fourth-order valence-corrected chi connectivity index (χ4v) is 2.28. The van der Waals surface area contributed by atoms with E-state index in [1.54, 1.807) is 0 Å². The lowest BCUT2D eigenvalue weighted by Gasteiger charge is -2.20. The average Bonchev–Trinajstić information content (AvgIpc) is 2.45. The van der Waals surface area contributed by atoms with Crippen LogP contribution in [0.25, 0.3) is 0 Å². The quantitative estimate of drug-likeness (QED) is 0.420. The average molecular weight is 290 g/mol. The highest BCUT2D eigenvalue weighted by Gasteiger charge is 2.18. The van der Waals surface area contributed by atoms with Gasteiger partial charge in [0.15, 0.2) is 0 Å². The summed E-state index contributed by atoms with van der Waals surface area (Å²) >= 11 is 0. The van der Waals surface area contributed by atoms with Gasteiger partial charge in [0.05, 0.1) is 24.4 Å². The lowest BCUT2D eigenvalue weighted by molar-refractivity contribution is -0.00696. The van der Waals surface area contributed by atoms with Gasteiger partial charge in [0, 0.05) is 0 Å². The Labute approximate surface area is 123 Å². The predicted molar refractivity (Wildman–Crippen MR) is 81.5 cm³/mol.